The number of hydrogen-bond acceptors (Lipinski definition) is 3. The second kappa shape index (κ2) is 5.50. The van der Waals surface area contributed by atoms with E-state index < -0.39 is 0 Å². The van der Waals surface area contributed by atoms with Gasteiger partial charge in [-0.05, 0) is 40.2 Å². The summed E-state index contributed by atoms with van der Waals surface area (Å²) in [6.07, 6.45) is 3.32. The number of hydrogen-bond donors (Lipinski definition) is 1. The first-order valence-electron chi connectivity index (χ1n) is 6.11. The molecule has 0 spiro atoms. The van der Waals surface area contributed by atoms with Crippen LogP contribution in [0.5, 0.6) is 5.75 Å². The fourth-order valence-corrected chi connectivity index (χ4v) is 2.71. The fourth-order valence-electron chi connectivity index (χ4n) is 2.12. The molecule has 106 valence electrons. The van der Waals surface area contributed by atoms with Crippen LogP contribution in [-0.4, -0.2) is 22.9 Å². The van der Waals surface area contributed by atoms with Crippen molar-refractivity contribution in [3.05, 3.63) is 57.3 Å². The molecule has 2 heterocycles. The number of aromatic nitrogens is 2. The van der Waals surface area contributed by atoms with Crippen molar-refractivity contribution in [1.29, 1.82) is 0 Å². The third-order valence-electron chi connectivity index (χ3n) is 3.16. The molecule has 0 saturated heterocycles. The molecule has 1 N–H and O–H groups in total. The molecule has 0 aliphatic rings. The Morgan fingerprint density at radius 2 is 2.14 bits per heavy atom. The number of methoxy groups -OCH3 is 1. The van der Waals surface area contributed by atoms with E-state index in [-0.39, 0.29) is 5.78 Å². The molecule has 0 aliphatic carbocycles. The largest absolute Gasteiger partial charge is 0.497 e. The van der Waals surface area contributed by atoms with Crippen molar-refractivity contribution in [3.8, 4) is 5.75 Å². The quantitative estimate of drug-likeness (QED) is 0.707. The van der Waals surface area contributed by atoms with Gasteiger partial charge in [-0.2, -0.15) is 0 Å². The van der Waals surface area contributed by atoms with E-state index in [2.05, 4.69) is 25.9 Å². The highest BCUT2D eigenvalue weighted by molar-refractivity contribution is 9.10. The van der Waals surface area contributed by atoms with Crippen molar-refractivity contribution in [2.75, 3.05) is 7.11 Å². The number of carbonyl (C=O) groups is 1. The van der Waals surface area contributed by atoms with Gasteiger partial charge >= 0.3 is 0 Å². The van der Waals surface area contributed by atoms with Crippen LogP contribution in [0.15, 0.2) is 41.1 Å². The van der Waals surface area contributed by atoms with Gasteiger partial charge in [-0.3, -0.25) is 4.79 Å². The highest BCUT2D eigenvalue weighted by Gasteiger charge is 2.18. The van der Waals surface area contributed by atoms with Gasteiger partial charge in [0, 0.05) is 33.4 Å². The first-order valence-corrected chi connectivity index (χ1v) is 7.28. The minimum absolute atomic E-state index is 0.159. The molecule has 0 radical (unpaired) electrons. The molecule has 1 aromatic carbocycles. The highest BCUT2D eigenvalue weighted by Crippen LogP contribution is 2.28. The molecule has 0 saturated carbocycles. The van der Waals surface area contributed by atoms with Crippen LogP contribution in [0.25, 0.3) is 11.0 Å². The molecule has 0 aliphatic heterocycles. The number of benzene rings is 1. The van der Waals surface area contributed by atoms with Gasteiger partial charge in [0.15, 0.2) is 5.78 Å². The average Bonchev–Trinajstić information content (AvgIpc) is 2.89. The van der Waals surface area contributed by atoms with Crippen molar-refractivity contribution in [2.24, 2.45) is 0 Å². The van der Waals surface area contributed by atoms with Crippen molar-refractivity contribution in [1.82, 2.24) is 9.97 Å². The molecule has 0 unspecified atom stereocenters. The zero-order valence-electron chi connectivity index (χ0n) is 11.0. The van der Waals surface area contributed by atoms with Gasteiger partial charge in [-0.25, -0.2) is 4.98 Å². The summed E-state index contributed by atoms with van der Waals surface area (Å²) in [4.78, 5) is 19.9. The number of pyridine rings is 1. The normalized spacial score (nSPS) is 10.8. The summed E-state index contributed by atoms with van der Waals surface area (Å²) in [5.41, 5.74) is 1.62. The van der Waals surface area contributed by atoms with Crippen molar-refractivity contribution >= 4 is 44.3 Å². The first-order chi connectivity index (χ1) is 10.1. The van der Waals surface area contributed by atoms with Crippen LogP contribution in [0.1, 0.15) is 15.9 Å². The summed E-state index contributed by atoms with van der Waals surface area (Å²) in [6, 6.07) is 6.84. The van der Waals surface area contributed by atoms with Gasteiger partial charge in [-0.15, -0.1) is 0 Å². The Balaban J connectivity index is 2.10. The maximum atomic E-state index is 12.7. The number of aromatic amines is 1. The van der Waals surface area contributed by atoms with Crippen molar-refractivity contribution in [3.63, 3.8) is 0 Å². The van der Waals surface area contributed by atoms with Crippen molar-refractivity contribution in [2.45, 2.75) is 0 Å². The predicted molar refractivity (Wildman–Crippen MR) is 85.2 cm³/mol. The summed E-state index contributed by atoms with van der Waals surface area (Å²) >= 11 is 9.53. The molecule has 0 amide bonds. The smallest absolute Gasteiger partial charge is 0.196 e. The first kappa shape index (κ1) is 14.1. The van der Waals surface area contributed by atoms with Gasteiger partial charge in [0.2, 0.25) is 0 Å². The van der Waals surface area contributed by atoms with E-state index in [9.17, 15) is 4.79 Å². The average molecular weight is 366 g/mol. The number of fused-ring (bicyclic) bond motifs is 1. The molecule has 3 aromatic rings. The number of ether oxygens (including phenoxy) is 1. The molecule has 2 aromatic heterocycles. The lowest BCUT2D eigenvalue weighted by atomic mass is 10.0. The zero-order valence-corrected chi connectivity index (χ0v) is 13.3. The Bertz CT molecular complexity index is 845. The van der Waals surface area contributed by atoms with Gasteiger partial charge < -0.3 is 9.72 Å². The third kappa shape index (κ3) is 2.54. The lowest BCUT2D eigenvalue weighted by Crippen LogP contribution is -2.01. The SMILES string of the molecule is COc1ccc(C(=O)c2c[nH]c3ncc(Br)cc23)c(Cl)c1. The van der Waals surface area contributed by atoms with E-state index in [1.54, 1.807) is 37.7 Å². The number of nitrogens with zero attached hydrogens (tertiary/aromatic N) is 1. The number of ketones is 1. The van der Waals surface area contributed by atoms with Gasteiger partial charge in [0.05, 0.1) is 12.1 Å². The standard InChI is InChI=1S/C15H10BrClN2O2/c1-21-9-2-3-10(13(17)5-9)14(20)12-7-19-15-11(12)4-8(16)6-18-15/h2-7H,1H3,(H,18,19). The number of H-pyrrole nitrogens is 1. The van der Waals surface area contributed by atoms with Crippen LogP contribution < -0.4 is 4.74 Å². The summed E-state index contributed by atoms with van der Waals surface area (Å²) in [6.45, 7) is 0. The minimum atomic E-state index is -0.159. The molecule has 0 atom stereocenters. The molecule has 3 rings (SSSR count). The maximum Gasteiger partial charge on any atom is 0.196 e. The van der Waals surface area contributed by atoms with E-state index in [4.69, 9.17) is 16.3 Å². The van der Waals surface area contributed by atoms with Crippen LogP contribution >= 0.6 is 27.5 Å². The fraction of sp³-hybridized carbons (Fsp3) is 0.0667. The van der Waals surface area contributed by atoms with E-state index in [1.165, 1.54) is 0 Å². The second-order valence-electron chi connectivity index (χ2n) is 4.43. The summed E-state index contributed by atoms with van der Waals surface area (Å²) < 4.78 is 5.90. The Labute approximate surface area is 134 Å². The van der Waals surface area contributed by atoms with Crippen molar-refractivity contribution < 1.29 is 9.53 Å². The lowest BCUT2D eigenvalue weighted by Gasteiger charge is -2.05. The molecule has 0 bridgehead atoms. The topological polar surface area (TPSA) is 55.0 Å². The van der Waals surface area contributed by atoms with Crippen LogP contribution in [0.4, 0.5) is 0 Å². The second-order valence-corrected chi connectivity index (χ2v) is 5.75. The highest BCUT2D eigenvalue weighted by atomic mass is 79.9. The molecular weight excluding hydrogens is 356 g/mol. The molecule has 4 nitrogen and oxygen atoms in total. The minimum Gasteiger partial charge on any atom is -0.497 e. The molecule has 0 fully saturated rings. The third-order valence-corrected chi connectivity index (χ3v) is 3.91. The molecule has 6 heteroatoms. The van der Waals surface area contributed by atoms with Crippen LogP contribution in [0.2, 0.25) is 5.02 Å². The van der Waals surface area contributed by atoms with Gasteiger partial charge in [0.25, 0.3) is 0 Å². The zero-order chi connectivity index (χ0) is 15.0. The lowest BCUT2D eigenvalue weighted by molar-refractivity contribution is 0.104. The maximum absolute atomic E-state index is 12.7. The van der Waals surface area contributed by atoms with Crippen LogP contribution in [0.3, 0.4) is 0 Å². The number of halogens is 2. The van der Waals surface area contributed by atoms with Gasteiger partial charge in [-0.1, -0.05) is 11.6 Å². The number of nitrogens with one attached hydrogen (secondary N) is 1. The predicted octanol–water partition coefficient (Wildman–Crippen LogP) is 4.22. The monoisotopic (exact) mass is 364 g/mol. The van der Waals surface area contributed by atoms with E-state index >= 15 is 0 Å². The Morgan fingerprint density at radius 3 is 2.86 bits per heavy atom. The Kier molecular flexibility index (Phi) is 3.69. The molecule has 21 heavy (non-hydrogen) atoms. The van der Waals surface area contributed by atoms with Gasteiger partial charge in [0.1, 0.15) is 11.4 Å². The summed E-state index contributed by atoms with van der Waals surface area (Å²) in [7, 11) is 1.55. The summed E-state index contributed by atoms with van der Waals surface area (Å²) in [5.74, 6) is 0.452. The summed E-state index contributed by atoms with van der Waals surface area (Å²) in [5, 5.41) is 1.11. The van der Waals surface area contributed by atoms with E-state index in [0.717, 1.165) is 9.86 Å². The number of rotatable bonds is 3. The van der Waals surface area contributed by atoms with E-state index in [0.29, 0.717) is 27.5 Å². The molecular formula is C15H10BrClN2O2. The Hall–Kier alpha value is -1.85. The Morgan fingerprint density at radius 1 is 1.33 bits per heavy atom. The number of carbonyl (C=O) groups excluding carboxylic acids is 1. The van der Waals surface area contributed by atoms with E-state index in [1.807, 2.05) is 6.07 Å². The van der Waals surface area contributed by atoms with Crippen LogP contribution in [-0.2, 0) is 0 Å². The van der Waals surface area contributed by atoms with Crippen LogP contribution in [0, 0.1) is 0 Å².